The van der Waals surface area contributed by atoms with Crippen LogP contribution in [0.2, 0.25) is 5.02 Å². The first-order chi connectivity index (χ1) is 42.9. The third-order valence-electron chi connectivity index (χ3n) is 15.5. The molecule has 6 amide bonds. The van der Waals surface area contributed by atoms with Gasteiger partial charge in [0.25, 0.3) is 11.5 Å². The highest BCUT2D eigenvalue weighted by molar-refractivity contribution is 7.99. The van der Waals surface area contributed by atoms with Gasteiger partial charge in [-0.3, -0.25) is 34.1 Å². The molecule has 2 aromatic heterocycles. The van der Waals surface area contributed by atoms with Crippen molar-refractivity contribution in [3.05, 3.63) is 64.2 Å². The lowest BCUT2D eigenvalue weighted by molar-refractivity contribution is -0.140. The molecule has 6 N–H and O–H groups in total. The number of alkyl carbamates (subject to hydrolysis) is 1. The number of imide groups is 1. The van der Waals surface area contributed by atoms with Gasteiger partial charge in [0.2, 0.25) is 23.6 Å². The van der Waals surface area contributed by atoms with Crippen LogP contribution < -0.4 is 37.5 Å². The number of anilines is 4. The first kappa shape index (κ1) is 68.2. The number of hydrogen-bond donors (Lipinski definition) is 5. The number of benzene rings is 2. The molecule has 0 bridgehead atoms. The fraction of sp³-hybridized carbons (Fsp3) is 0.600. The summed E-state index contributed by atoms with van der Waals surface area (Å²) in [6.07, 6.45) is 4.64. The first-order valence-corrected chi connectivity index (χ1v) is 31.4. The minimum absolute atomic E-state index is 0.00504. The minimum Gasteiger partial charge on any atom is -0.444 e. The molecular weight excluding hydrogens is 1200 g/mol. The van der Waals surface area contributed by atoms with Gasteiger partial charge in [0, 0.05) is 86.5 Å². The third-order valence-corrected chi connectivity index (χ3v) is 17.1. The first-order valence-electron chi connectivity index (χ1n) is 30.2. The number of nitrogens with two attached hydrogens (primary N) is 1. The average Bonchev–Trinajstić information content (AvgIpc) is 3.35. The van der Waals surface area contributed by atoms with Gasteiger partial charge in [-0.15, -0.1) is 0 Å². The molecule has 1 unspecified atom stereocenters. The standard InChI is InChI=1S/C60H83ClN12O15S/c1-40-53(69-58(80)88-59(2,3)4)60(39-87-40)16-19-70(20-17-60)46-38-64-56(54(62)67-46)89-45-10-6-9-43(52(45)61)66-47(74)13-14-49(76)71-21-23-72(24-22-71)50(77)15-25-81-27-29-83-31-33-85-35-36-86-34-32-84-30-28-82-26-18-63-42-8-5-7-41-37-65-73(57(79)51(41)42)44-11-12-48(75)68-55(44)78/h5-10,37-38,40,44,53,63H,11-36,39H2,1-4H3,(H2,62,67)(H,66,74)(H,69,80)(H,68,75,78)/t40-,44?,53+/m1/s1. The van der Waals surface area contributed by atoms with E-state index in [4.69, 9.17) is 55.2 Å². The van der Waals surface area contributed by atoms with E-state index in [2.05, 4.69) is 41.2 Å². The molecule has 2 aromatic carbocycles. The maximum Gasteiger partial charge on any atom is 0.407 e. The molecule has 4 aliphatic rings. The second kappa shape index (κ2) is 33.3. The second-order valence-electron chi connectivity index (χ2n) is 22.9. The molecule has 486 valence electrons. The highest BCUT2D eigenvalue weighted by Gasteiger charge is 2.51. The minimum atomic E-state index is -0.849. The summed E-state index contributed by atoms with van der Waals surface area (Å²) in [4.78, 5) is 105. The molecule has 0 radical (unpaired) electrons. The van der Waals surface area contributed by atoms with Crippen molar-refractivity contribution in [2.45, 2.75) is 106 Å². The zero-order valence-corrected chi connectivity index (χ0v) is 52.6. The van der Waals surface area contributed by atoms with Crippen LogP contribution in [0.25, 0.3) is 10.8 Å². The predicted octanol–water partition coefficient (Wildman–Crippen LogP) is 4.44. The molecule has 29 heteroatoms. The van der Waals surface area contributed by atoms with Crippen LogP contribution in [0.1, 0.15) is 78.7 Å². The second-order valence-corrected chi connectivity index (χ2v) is 24.3. The number of carbonyl (C=O) groups is 6. The van der Waals surface area contributed by atoms with E-state index >= 15 is 0 Å². The Hall–Kier alpha value is -6.76. The lowest BCUT2D eigenvalue weighted by atomic mass is 9.73. The number of piperidine rings is 2. The summed E-state index contributed by atoms with van der Waals surface area (Å²) in [5.74, 6) is -0.644. The van der Waals surface area contributed by atoms with Crippen LogP contribution in [-0.4, -0.2) is 215 Å². The Morgan fingerprint density at radius 3 is 1.99 bits per heavy atom. The normalized spacial score (nSPS) is 18.5. The molecular formula is C60H83ClN12O15S. The van der Waals surface area contributed by atoms with Gasteiger partial charge in [-0.05, 0) is 65.2 Å². The number of rotatable bonds is 31. The van der Waals surface area contributed by atoms with E-state index in [1.165, 1.54) is 18.0 Å². The Balaban J connectivity index is 0.598. The molecule has 6 heterocycles. The maximum atomic E-state index is 13.4. The van der Waals surface area contributed by atoms with E-state index < -0.39 is 29.2 Å². The molecule has 4 aliphatic heterocycles. The predicted molar refractivity (Wildman–Crippen MR) is 331 cm³/mol. The molecule has 8 rings (SSSR count). The van der Waals surface area contributed by atoms with Crippen molar-refractivity contribution >= 4 is 92.8 Å². The van der Waals surface area contributed by atoms with E-state index in [1.807, 2.05) is 33.8 Å². The molecule has 0 aliphatic carbocycles. The fourth-order valence-corrected chi connectivity index (χ4v) is 11.9. The van der Waals surface area contributed by atoms with Crippen molar-refractivity contribution < 1.29 is 66.7 Å². The van der Waals surface area contributed by atoms with Crippen LogP contribution in [0.4, 0.5) is 27.8 Å². The fourth-order valence-electron chi connectivity index (χ4n) is 10.8. The van der Waals surface area contributed by atoms with Gasteiger partial charge in [-0.2, -0.15) is 5.10 Å². The van der Waals surface area contributed by atoms with Crippen LogP contribution in [-0.2, 0) is 61.9 Å². The summed E-state index contributed by atoms with van der Waals surface area (Å²) in [5.41, 5.74) is 6.17. The summed E-state index contributed by atoms with van der Waals surface area (Å²) in [6, 6.07) is 9.56. The molecule has 89 heavy (non-hydrogen) atoms. The summed E-state index contributed by atoms with van der Waals surface area (Å²) in [7, 11) is 0. The van der Waals surface area contributed by atoms with Gasteiger partial charge < -0.3 is 74.3 Å². The summed E-state index contributed by atoms with van der Waals surface area (Å²) >= 11 is 8.02. The quantitative estimate of drug-likeness (QED) is 0.0343. The van der Waals surface area contributed by atoms with E-state index in [-0.39, 0.29) is 85.7 Å². The maximum absolute atomic E-state index is 13.4. The van der Waals surface area contributed by atoms with Crippen molar-refractivity contribution in [2.75, 3.05) is 153 Å². The van der Waals surface area contributed by atoms with Crippen molar-refractivity contribution in [1.82, 2.24) is 40.2 Å². The molecule has 4 saturated heterocycles. The SMILES string of the molecule is C[C@H]1OCC2(CCN(c3cnc(Sc4cccc(NC(=O)CCC(=O)N5CCN(C(=O)CCOCCOCCOCCOCCOCCOCCNc6cccc7cnn(C8CCC(=O)NC8=O)c(=O)c67)CC5)c4Cl)c(N)n3)CC2)[C@H]1NC(=O)OC(C)(C)C. The number of piperazine rings is 1. The number of carbonyl (C=O) groups excluding carboxylic acids is 6. The van der Waals surface area contributed by atoms with Crippen molar-refractivity contribution in [1.29, 1.82) is 0 Å². The Morgan fingerprint density at radius 2 is 1.37 bits per heavy atom. The molecule has 4 fully saturated rings. The number of fused-ring (bicyclic) bond motifs is 1. The molecule has 3 atom stereocenters. The van der Waals surface area contributed by atoms with Crippen molar-refractivity contribution in [3.63, 3.8) is 0 Å². The van der Waals surface area contributed by atoms with E-state index in [9.17, 15) is 33.6 Å². The number of amides is 6. The van der Waals surface area contributed by atoms with Gasteiger partial charge in [0.1, 0.15) is 22.5 Å². The van der Waals surface area contributed by atoms with Crippen LogP contribution in [0, 0.1) is 5.41 Å². The lowest BCUT2D eigenvalue weighted by Crippen LogP contribution is -2.55. The summed E-state index contributed by atoms with van der Waals surface area (Å²) < 4.78 is 46.3. The Morgan fingerprint density at radius 1 is 0.775 bits per heavy atom. The number of nitrogen functional groups attached to an aromatic ring is 1. The Labute approximate surface area is 526 Å². The third kappa shape index (κ3) is 19.9. The van der Waals surface area contributed by atoms with Gasteiger partial charge in [-0.1, -0.05) is 41.6 Å². The number of aromatic nitrogens is 4. The molecule has 4 aromatic rings. The number of nitrogens with one attached hydrogen (secondary N) is 4. The van der Waals surface area contributed by atoms with Crippen LogP contribution >= 0.6 is 23.4 Å². The van der Waals surface area contributed by atoms with Gasteiger partial charge in [-0.25, -0.2) is 19.4 Å². The highest BCUT2D eigenvalue weighted by Crippen LogP contribution is 2.44. The summed E-state index contributed by atoms with van der Waals surface area (Å²) in [6.45, 7) is 15.7. The van der Waals surface area contributed by atoms with Crippen LogP contribution in [0.15, 0.2) is 63.5 Å². The Bertz CT molecular complexity index is 3120. The van der Waals surface area contributed by atoms with Crippen LogP contribution in [0.3, 0.4) is 0 Å². The number of halogens is 1. The van der Waals surface area contributed by atoms with Crippen molar-refractivity contribution in [2.24, 2.45) is 5.41 Å². The van der Waals surface area contributed by atoms with Gasteiger partial charge in [0.15, 0.2) is 5.82 Å². The highest BCUT2D eigenvalue weighted by atomic mass is 35.5. The van der Waals surface area contributed by atoms with E-state index in [0.29, 0.717) is 168 Å². The van der Waals surface area contributed by atoms with Gasteiger partial charge >= 0.3 is 6.09 Å². The largest absolute Gasteiger partial charge is 0.444 e. The number of nitrogens with zero attached hydrogens (tertiary/aromatic N) is 7. The van der Waals surface area contributed by atoms with E-state index in [0.717, 1.165) is 17.5 Å². The van der Waals surface area contributed by atoms with E-state index in [1.54, 1.807) is 46.3 Å². The number of ether oxygens (including phenoxy) is 8. The molecule has 0 saturated carbocycles. The van der Waals surface area contributed by atoms with Crippen LogP contribution in [0.5, 0.6) is 0 Å². The zero-order valence-electron chi connectivity index (χ0n) is 51.1. The summed E-state index contributed by atoms with van der Waals surface area (Å²) in [5, 5.41) is 17.4. The monoisotopic (exact) mass is 1280 g/mol. The smallest absolute Gasteiger partial charge is 0.407 e. The topological polar surface area (TPSA) is 321 Å². The average molecular weight is 1280 g/mol. The zero-order chi connectivity index (χ0) is 63.3. The Kier molecular flexibility index (Phi) is 25.5. The number of hydrogen-bond acceptors (Lipinski definition) is 22. The molecule has 1 spiro atoms. The van der Waals surface area contributed by atoms with Crippen molar-refractivity contribution in [3.8, 4) is 0 Å². The lowest BCUT2D eigenvalue weighted by Gasteiger charge is -2.43. The van der Waals surface area contributed by atoms with Gasteiger partial charge in [0.05, 0.1) is 133 Å². The molecule has 27 nitrogen and oxygen atoms in total.